The molecule has 16 heavy (non-hydrogen) atoms. The molecule has 2 N–H and O–H groups in total. The maximum absolute atomic E-state index is 13.5. The Balaban J connectivity index is 2.82. The van der Waals surface area contributed by atoms with Gasteiger partial charge in [-0.1, -0.05) is 0 Å². The lowest BCUT2D eigenvalue weighted by Crippen LogP contribution is -2.34. The van der Waals surface area contributed by atoms with Gasteiger partial charge < -0.3 is 10.6 Å². The van der Waals surface area contributed by atoms with Crippen LogP contribution in [0, 0.1) is 12.7 Å². The fourth-order valence-electron chi connectivity index (χ4n) is 1.21. The van der Waals surface area contributed by atoms with Gasteiger partial charge in [0, 0.05) is 17.3 Å². The molecule has 0 fully saturated rings. The average Bonchev–Trinajstić information content (AvgIpc) is 2.18. The Kier molecular flexibility index (Phi) is 4.29. The van der Waals surface area contributed by atoms with Crippen molar-refractivity contribution in [3.8, 4) is 0 Å². The molecule has 0 spiro atoms. The average molecular weight is 289 g/mol. The molecular formula is C11H14BrFN2O. The summed E-state index contributed by atoms with van der Waals surface area (Å²) in [6.07, 6.45) is 0. The van der Waals surface area contributed by atoms with Gasteiger partial charge in [-0.25, -0.2) is 9.18 Å². The number of carbonyl (C=O) groups is 1. The molecule has 1 aromatic carbocycles. The number of rotatable bonds is 2. The first-order valence-electron chi connectivity index (χ1n) is 4.94. The van der Waals surface area contributed by atoms with Crippen LogP contribution in [0.4, 0.5) is 14.9 Å². The van der Waals surface area contributed by atoms with Crippen LogP contribution in [0.15, 0.2) is 16.6 Å². The molecule has 0 radical (unpaired) electrons. The van der Waals surface area contributed by atoms with Crippen molar-refractivity contribution in [2.45, 2.75) is 26.8 Å². The normalized spacial score (nSPS) is 10.4. The molecule has 0 saturated heterocycles. The van der Waals surface area contributed by atoms with Crippen LogP contribution in [0.3, 0.4) is 0 Å². The molecule has 0 atom stereocenters. The minimum absolute atomic E-state index is 0.0422. The number of hydrogen-bond donors (Lipinski definition) is 2. The Morgan fingerprint density at radius 1 is 1.44 bits per heavy atom. The van der Waals surface area contributed by atoms with E-state index in [0.717, 1.165) is 0 Å². The van der Waals surface area contributed by atoms with E-state index in [4.69, 9.17) is 0 Å². The molecule has 0 bridgehead atoms. The summed E-state index contributed by atoms with van der Waals surface area (Å²) in [6.45, 7) is 5.33. The summed E-state index contributed by atoms with van der Waals surface area (Å²) in [5.41, 5.74) is 0.882. The van der Waals surface area contributed by atoms with E-state index >= 15 is 0 Å². The van der Waals surface area contributed by atoms with Gasteiger partial charge in [-0.15, -0.1) is 0 Å². The van der Waals surface area contributed by atoms with Crippen molar-refractivity contribution in [3.05, 3.63) is 28.0 Å². The van der Waals surface area contributed by atoms with Crippen molar-refractivity contribution in [2.24, 2.45) is 0 Å². The van der Waals surface area contributed by atoms with Crippen molar-refractivity contribution in [2.75, 3.05) is 5.32 Å². The smallest absolute Gasteiger partial charge is 0.319 e. The van der Waals surface area contributed by atoms with E-state index in [-0.39, 0.29) is 17.9 Å². The molecule has 0 aromatic heterocycles. The minimum atomic E-state index is -0.359. The molecule has 88 valence electrons. The van der Waals surface area contributed by atoms with Gasteiger partial charge in [0.25, 0.3) is 0 Å². The van der Waals surface area contributed by atoms with Gasteiger partial charge in [-0.2, -0.15) is 0 Å². The van der Waals surface area contributed by atoms with Gasteiger partial charge in [-0.3, -0.25) is 0 Å². The van der Waals surface area contributed by atoms with Crippen molar-refractivity contribution in [3.63, 3.8) is 0 Å². The van der Waals surface area contributed by atoms with E-state index in [0.29, 0.717) is 15.7 Å². The number of nitrogens with one attached hydrogen (secondary N) is 2. The third kappa shape index (κ3) is 3.20. The topological polar surface area (TPSA) is 41.1 Å². The number of halogens is 2. The molecule has 0 aliphatic rings. The zero-order valence-electron chi connectivity index (χ0n) is 9.40. The summed E-state index contributed by atoms with van der Waals surface area (Å²) in [4.78, 5) is 11.4. The van der Waals surface area contributed by atoms with Crippen LogP contribution in [-0.4, -0.2) is 12.1 Å². The lowest BCUT2D eigenvalue weighted by atomic mass is 10.2. The lowest BCUT2D eigenvalue weighted by Gasteiger charge is -2.12. The molecule has 5 heteroatoms. The number of amides is 2. The van der Waals surface area contributed by atoms with E-state index in [2.05, 4.69) is 26.6 Å². The highest BCUT2D eigenvalue weighted by atomic mass is 79.9. The fourth-order valence-corrected chi connectivity index (χ4v) is 1.64. The SMILES string of the molecule is Cc1c(NC(=O)NC(C)C)ccc(Br)c1F. The van der Waals surface area contributed by atoms with Gasteiger partial charge in [0.05, 0.1) is 4.47 Å². The second-order valence-electron chi connectivity index (χ2n) is 3.79. The highest BCUT2D eigenvalue weighted by molar-refractivity contribution is 9.10. The van der Waals surface area contributed by atoms with E-state index in [9.17, 15) is 9.18 Å². The maximum Gasteiger partial charge on any atom is 0.319 e. The third-order valence-corrected chi connectivity index (χ3v) is 2.62. The zero-order chi connectivity index (χ0) is 12.3. The maximum atomic E-state index is 13.5. The summed E-state index contributed by atoms with van der Waals surface area (Å²) in [7, 11) is 0. The predicted octanol–water partition coefficient (Wildman–Crippen LogP) is 3.43. The van der Waals surface area contributed by atoms with Crippen LogP contribution in [-0.2, 0) is 0 Å². The molecule has 2 amide bonds. The lowest BCUT2D eigenvalue weighted by molar-refractivity contribution is 0.250. The summed E-state index contributed by atoms with van der Waals surface area (Å²) < 4.78 is 13.9. The van der Waals surface area contributed by atoms with Gasteiger partial charge in [0.2, 0.25) is 0 Å². The van der Waals surface area contributed by atoms with Gasteiger partial charge in [-0.05, 0) is 48.8 Å². The largest absolute Gasteiger partial charge is 0.336 e. The first-order valence-corrected chi connectivity index (χ1v) is 5.73. The predicted molar refractivity (Wildman–Crippen MR) is 66.1 cm³/mol. The van der Waals surface area contributed by atoms with Crippen molar-refractivity contribution in [1.82, 2.24) is 5.32 Å². The first kappa shape index (κ1) is 13.0. The van der Waals surface area contributed by atoms with Gasteiger partial charge in [0.1, 0.15) is 5.82 Å². The molecule has 0 saturated carbocycles. The molecule has 0 heterocycles. The Morgan fingerprint density at radius 2 is 2.06 bits per heavy atom. The standard InChI is InChI=1S/C11H14BrFN2O/c1-6(2)14-11(16)15-9-5-4-8(12)10(13)7(9)3/h4-6H,1-3H3,(H2,14,15,16). The minimum Gasteiger partial charge on any atom is -0.336 e. The number of benzene rings is 1. The number of urea groups is 1. The Bertz CT molecular complexity index is 407. The first-order chi connectivity index (χ1) is 7.41. The van der Waals surface area contributed by atoms with Gasteiger partial charge in [0.15, 0.2) is 0 Å². The molecule has 0 aliphatic heterocycles. The summed E-state index contributed by atoms with van der Waals surface area (Å²) in [5, 5.41) is 5.27. The van der Waals surface area contributed by atoms with E-state index in [1.165, 1.54) is 0 Å². The summed E-state index contributed by atoms with van der Waals surface area (Å²) >= 11 is 3.08. The van der Waals surface area contributed by atoms with Crippen molar-refractivity contribution in [1.29, 1.82) is 0 Å². The number of carbonyl (C=O) groups excluding carboxylic acids is 1. The van der Waals surface area contributed by atoms with Crippen LogP contribution < -0.4 is 10.6 Å². The van der Waals surface area contributed by atoms with E-state index in [1.807, 2.05) is 13.8 Å². The van der Waals surface area contributed by atoms with Gasteiger partial charge >= 0.3 is 6.03 Å². The Morgan fingerprint density at radius 3 is 2.62 bits per heavy atom. The number of anilines is 1. The monoisotopic (exact) mass is 288 g/mol. The zero-order valence-corrected chi connectivity index (χ0v) is 11.0. The Labute approximate surface area is 103 Å². The molecule has 0 unspecified atom stereocenters. The van der Waals surface area contributed by atoms with Crippen molar-refractivity contribution < 1.29 is 9.18 Å². The second kappa shape index (κ2) is 5.30. The summed E-state index contributed by atoms with van der Waals surface area (Å²) in [6, 6.07) is 2.93. The van der Waals surface area contributed by atoms with E-state index < -0.39 is 0 Å². The van der Waals surface area contributed by atoms with Crippen LogP contribution in [0.25, 0.3) is 0 Å². The third-order valence-electron chi connectivity index (χ3n) is 2.01. The van der Waals surface area contributed by atoms with Crippen LogP contribution >= 0.6 is 15.9 Å². The van der Waals surface area contributed by atoms with Crippen LogP contribution in [0.2, 0.25) is 0 Å². The number of hydrogen-bond acceptors (Lipinski definition) is 1. The molecular weight excluding hydrogens is 275 g/mol. The van der Waals surface area contributed by atoms with E-state index in [1.54, 1.807) is 19.1 Å². The fraction of sp³-hybridized carbons (Fsp3) is 0.364. The molecule has 0 aliphatic carbocycles. The van der Waals surface area contributed by atoms with Crippen LogP contribution in [0.5, 0.6) is 0 Å². The molecule has 3 nitrogen and oxygen atoms in total. The Hall–Kier alpha value is -1.10. The molecule has 1 rings (SSSR count). The summed E-state index contributed by atoms with van der Waals surface area (Å²) in [5.74, 6) is -0.359. The van der Waals surface area contributed by atoms with Crippen molar-refractivity contribution >= 4 is 27.6 Å². The highest BCUT2D eigenvalue weighted by Gasteiger charge is 2.10. The molecule has 1 aromatic rings. The second-order valence-corrected chi connectivity index (χ2v) is 4.64. The van der Waals surface area contributed by atoms with Crippen LogP contribution in [0.1, 0.15) is 19.4 Å². The quantitative estimate of drug-likeness (QED) is 0.860. The highest BCUT2D eigenvalue weighted by Crippen LogP contribution is 2.24.